The topological polar surface area (TPSA) is 86.8 Å². The lowest BCUT2D eigenvalue weighted by Crippen LogP contribution is -2.44. The molecule has 1 aromatic rings. The summed E-state index contributed by atoms with van der Waals surface area (Å²) in [6.07, 6.45) is 4.33. The van der Waals surface area contributed by atoms with Gasteiger partial charge in [0.1, 0.15) is 6.54 Å². The Morgan fingerprint density at radius 3 is 2.54 bits per heavy atom. The fraction of sp³-hybridized carbons (Fsp3) is 0.444. The van der Waals surface area contributed by atoms with Gasteiger partial charge in [0.2, 0.25) is 5.91 Å². The predicted molar refractivity (Wildman–Crippen MR) is 94.1 cm³/mol. The first-order valence-electron chi connectivity index (χ1n) is 8.67. The lowest BCUT2D eigenvalue weighted by molar-refractivity contribution is -0.144. The Balaban J connectivity index is 1.59. The first-order chi connectivity index (χ1) is 12.5. The summed E-state index contributed by atoms with van der Waals surface area (Å²) in [4.78, 5) is 50.7. The van der Waals surface area contributed by atoms with Gasteiger partial charge in [-0.15, -0.1) is 0 Å². The molecule has 8 heteroatoms. The number of hydrogen-bond acceptors (Lipinski definition) is 4. The van der Waals surface area contributed by atoms with E-state index in [1.807, 2.05) is 0 Å². The molecule has 1 aromatic carbocycles. The Morgan fingerprint density at radius 1 is 1.12 bits per heavy atom. The monoisotopic (exact) mass is 377 g/mol. The quantitative estimate of drug-likeness (QED) is 0.628. The van der Waals surface area contributed by atoms with E-state index in [0.717, 1.165) is 34.6 Å². The zero-order chi connectivity index (χ0) is 18.7. The summed E-state index contributed by atoms with van der Waals surface area (Å²) in [6, 6.07) is 6.06. The van der Waals surface area contributed by atoms with Gasteiger partial charge in [0, 0.05) is 17.6 Å². The van der Waals surface area contributed by atoms with Gasteiger partial charge in [0.15, 0.2) is 0 Å². The van der Waals surface area contributed by atoms with Gasteiger partial charge in [-0.3, -0.25) is 19.3 Å². The first-order valence-corrected chi connectivity index (χ1v) is 9.05. The van der Waals surface area contributed by atoms with Crippen LogP contribution in [0.4, 0.5) is 4.79 Å². The summed E-state index contributed by atoms with van der Waals surface area (Å²) in [5, 5.41) is 3.18. The number of carbonyl (C=O) groups excluding carboxylic acids is 4. The highest BCUT2D eigenvalue weighted by Crippen LogP contribution is 2.26. The Morgan fingerprint density at radius 2 is 1.85 bits per heavy atom. The third kappa shape index (κ3) is 3.88. The Bertz CT molecular complexity index is 746. The second-order valence-corrected chi connectivity index (χ2v) is 6.98. The van der Waals surface area contributed by atoms with Gasteiger partial charge in [0.25, 0.3) is 0 Å². The van der Waals surface area contributed by atoms with E-state index >= 15 is 0 Å². The van der Waals surface area contributed by atoms with Crippen LogP contribution in [0.2, 0.25) is 5.02 Å². The molecule has 0 radical (unpaired) electrons. The summed E-state index contributed by atoms with van der Waals surface area (Å²) in [6.45, 7) is -0.247. The normalized spacial score (nSPS) is 18.6. The van der Waals surface area contributed by atoms with Crippen molar-refractivity contribution in [3.63, 3.8) is 0 Å². The van der Waals surface area contributed by atoms with Crippen LogP contribution in [-0.2, 0) is 20.9 Å². The van der Waals surface area contributed by atoms with Crippen LogP contribution in [0.3, 0.4) is 0 Å². The highest BCUT2D eigenvalue weighted by atomic mass is 35.5. The van der Waals surface area contributed by atoms with Crippen molar-refractivity contribution >= 4 is 35.4 Å². The van der Waals surface area contributed by atoms with Crippen molar-refractivity contribution in [2.75, 3.05) is 6.54 Å². The summed E-state index contributed by atoms with van der Waals surface area (Å²) < 4.78 is 0. The van der Waals surface area contributed by atoms with Crippen LogP contribution in [-0.4, -0.2) is 46.1 Å². The van der Waals surface area contributed by atoms with Crippen LogP contribution < -0.4 is 5.32 Å². The molecule has 0 atom stereocenters. The maximum atomic E-state index is 12.5. The summed E-state index contributed by atoms with van der Waals surface area (Å²) >= 11 is 5.89. The molecule has 1 saturated carbocycles. The zero-order valence-electron chi connectivity index (χ0n) is 14.2. The molecule has 2 fully saturated rings. The second kappa shape index (κ2) is 7.86. The molecule has 1 heterocycles. The number of nitrogens with one attached hydrogen (secondary N) is 1. The third-order valence-electron chi connectivity index (χ3n) is 4.70. The lowest BCUT2D eigenvalue weighted by atomic mass is 9.94. The number of nitrogens with zero attached hydrogens (tertiary/aromatic N) is 2. The van der Waals surface area contributed by atoms with Crippen LogP contribution >= 0.6 is 11.6 Å². The molecule has 0 bridgehead atoms. The highest BCUT2D eigenvalue weighted by Gasteiger charge is 2.48. The Kier molecular flexibility index (Phi) is 5.56. The molecule has 5 amide bonds. The van der Waals surface area contributed by atoms with Crippen LogP contribution in [0, 0.1) is 0 Å². The molecule has 1 aliphatic heterocycles. The van der Waals surface area contributed by atoms with Crippen LogP contribution in [0.5, 0.6) is 0 Å². The predicted octanol–water partition coefficient (Wildman–Crippen LogP) is 2.08. The molecule has 138 valence electrons. The minimum atomic E-state index is -0.932. The van der Waals surface area contributed by atoms with Gasteiger partial charge in [0.05, 0.1) is 0 Å². The molecular weight excluding hydrogens is 358 g/mol. The Hall–Kier alpha value is -2.41. The zero-order valence-corrected chi connectivity index (χ0v) is 15.0. The van der Waals surface area contributed by atoms with Gasteiger partial charge in [-0.1, -0.05) is 43.0 Å². The van der Waals surface area contributed by atoms with Gasteiger partial charge < -0.3 is 5.32 Å². The maximum absolute atomic E-state index is 12.5. The number of hydrogen-bond donors (Lipinski definition) is 1. The average Bonchev–Trinajstić information content (AvgIpc) is 2.84. The molecule has 7 nitrogen and oxygen atoms in total. The smallest absolute Gasteiger partial charge is 0.334 e. The standard InChI is InChI=1S/C18H20ClN3O4/c19-13-6-4-5-12(9-13)10-20-15(23)11-21-16(24)17(25)22(18(21)26)14-7-2-1-3-8-14/h4-6,9,14H,1-3,7-8,10-11H2,(H,20,23). The fourth-order valence-corrected chi connectivity index (χ4v) is 3.58. The minimum Gasteiger partial charge on any atom is -0.350 e. The van der Waals surface area contributed by atoms with Crippen molar-refractivity contribution in [3.05, 3.63) is 34.9 Å². The molecule has 0 spiro atoms. The average molecular weight is 378 g/mol. The molecule has 2 aliphatic rings. The van der Waals surface area contributed by atoms with E-state index < -0.39 is 30.3 Å². The van der Waals surface area contributed by atoms with E-state index in [9.17, 15) is 19.2 Å². The number of halogens is 1. The maximum Gasteiger partial charge on any atom is 0.334 e. The number of urea groups is 1. The SMILES string of the molecule is O=C(CN1C(=O)C(=O)N(C2CCCCC2)C1=O)NCc1cccc(Cl)c1. The number of rotatable bonds is 5. The summed E-state index contributed by atoms with van der Waals surface area (Å²) in [5.41, 5.74) is 0.796. The fourth-order valence-electron chi connectivity index (χ4n) is 3.37. The largest absolute Gasteiger partial charge is 0.350 e. The van der Waals surface area contributed by atoms with E-state index in [1.54, 1.807) is 24.3 Å². The van der Waals surface area contributed by atoms with Crippen LogP contribution in [0.25, 0.3) is 0 Å². The molecule has 0 unspecified atom stereocenters. The lowest BCUT2D eigenvalue weighted by Gasteiger charge is -2.28. The van der Waals surface area contributed by atoms with Crippen molar-refractivity contribution < 1.29 is 19.2 Å². The number of carbonyl (C=O) groups is 4. The molecule has 0 aromatic heterocycles. The third-order valence-corrected chi connectivity index (χ3v) is 4.94. The molecular formula is C18H20ClN3O4. The van der Waals surface area contributed by atoms with Crippen molar-refractivity contribution in [2.45, 2.75) is 44.7 Å². The first kappa shape index (κ1) is 18.4. The molecule has 3 rings (SSSR count). The van der Waals surface area contributed by atoms with E-state index in [0.29, 0.717) is 17.9 Å². The van der Waals surface area contributed by atoms with Crippen LogP contribution in [0.15, 0.2) is 24.3 Å². The van der Waals surface area contributed by atoms with Crippen molar-refractivity contribution in [2.24, 2.45) is 0 Å². The minimum absolute atomic E-state index is 0.218. The van der Waals surface area contributed by atoms with Crippen molar-refractivity contribution in [1.29, 1.82) is 0 Å². The number of benzene rings is 1. The van der Waals surface area contributed by atoms with E-state index in [2.05, 4.69) is 5.32 Å². The number of imide groups is 2. The van der Waals surface area contributed by atoms with Crippen molar-refractivity contribution in [1.82, 2.24) is 15.1 Å². The molecule has 1 saturated heterocycles. The van der Waals surface area contributed by atoms with Gasteiger partial charge in [-0.25, -0.2) is 9.69 Å². The summed E-state index contributed by atoms with van der Waals surface area (Å²) in [5.74, 6) is -2.27. The van der Waals surface area contributed by atoms with E-state index in [4.69, 9.17) is 11.6 Å². The molecule has 1 N–H and O–H groups in total. The number of amides is 5. The van der Waals surface area contributed by atoms with Gasteiger partial charge in [-0.05, 0) is 30.5 Å². The summed E-state index contributed by atoms with van der Waals surface area (Å²) in [7, 11) is 0. The van der Waals surface area contributed by atoms with Crippen molar-refractivity contribution in [3.8, 4) is 0 Å². The van der Waals surface area contributed by atoms with Gasteiger partial charge >= 0.3 is 17.8 Å². The highest BCUT2D eigenvalue weighted by molar-refractivity contribution is 6.45. The molecule has 1 aliphatic carbocycles. The second-order valence-electron chi connectivity index (χ2n) is 6.55. The van der Waals surface area contributed by atoms with Crippen LogP contribution in [0.1, 0.15) is 37.7 Å². The van der Waals surface area contributed by atoms with E-state index in [1.165, 1.54) is 0 Å². The van der Waals surface area contributed by atoms with Gasteiger partial charge in [-0.2, -0.15) is 0 Å². The Labute approximate surface area is 156 Å². The molecule has 26 heavy (non-hydrogen) atoms. The van der Waals surface area contributed by atoms with E-state index in [-0.39, 0.29) is 12.6 Å².